The smallest absolute Gasteiger partial charge is 0.255 e. The third-order valence-corrected chi connectivity index (χ3v) is 5.45. The molecule has 4 aromatic rings. The summed E-state index contributed by atoms with van der Waals surface area (Å²) in [6, 6.07) is 17.5. The number of ether oxygens (including phenoxy) is 1. The number of carbonyl (C=O) groups excluding carboxylic acids is 1. The van der Waals surface area contributed by atoms with E-state index in [1.807, 2.05) is 54.6 Å². The van der Waals surface area contributed by atoms with Crippen LogP contribution in [0.4, 0.5) is 5.95 Å². The molecule has 0 bridgehead atoms. The van der Waals surface area contributed by atoms with Gasteiger partial charge in [-0.1, -0.05) is 42.5 Å². The Hall–Kier alpha value is -4.04. The molecule has 2 aromatic heterocycles. The second-order valence-corrected chi connectivity index (χ2v) is 7.74. The Morgan fingerprint density at radius 1 is 1.03 bits per heavy atom. The van der Waals surface area contributed by atoms with Crippen LogP contribution in [0.1, 0.15) is 17.0 Å². The highest BCUT2D eigenvalue weighted by molar-refractivity contribution is 6.23. The van der Waals surface area contributed by atoms with Gasteiger partial charge in [0, 0.05) is 37.6 Å². The number of rotatable bonds is 6. The van der Waals surface area contributed by atoms with Crippen molar-refractivity contribution in [3.63, 3.8) is 0 Å². The normalized spacial score (nSPS) is 14.4. The molecule has 3 heterocycles. The van der Waals surface area contributed by atoms with Crippen molar-refractivity contribution in [3.05, 3.63) is 83.9 Å². The number of para-hydroxylation sites is 2. The molecule has 5 rings (SSSR count). The van der Waals surface area contributed by atoms with Gasteiger partial charge in [0.1, 0.15) is 5.82 Å². The lowest BCUT2D eigenvalue weighted by Crippen LogP contribution is -2.37. The van der Waals surface area contributed by atoms with Crippen molar-refractivity contribution in [3.8, 4) is 0 Å². The lowest BCUT2D eigenvalue weighted by atomic mass is 10.1. The van der Waals surface area contributed by atoms with E-state index in [0.717, 1.165) is 35.2 Å². The number of anilines is 1. The number of amides is 1. The van der Waals surface area contributed by atoms with E-state index in [1.54, 1.807) is 18.5 Å². The zero-order valence-corrected chi connectivity index (χ0v) is 18.1. The van der Waals surface area contributed by atoms with Crippen LogP contribution in [0.25, 0.3) is 22.7 Å². The molecule has 166 valence electrons. The van der Waals surface area contributed by atoms with Gasteiger partial charge in [-0.25, -0.2) is 15.0 Å². The zero-order valence-electron chi connectivity index (χ0n) is 18.1. The number of aromatic nitrogens is 4. The molecular formula is C25H24N6O2. The van der Waals surface area contributed by atoms with Gasteiger partial charge in [0.2, 0.25) is 5.95 Å². The Morgan fingerprint density at radius 3 is 2.52 bits per heavy atom. The van der Waals surface area contributed by atoms with Crippen LogP contribution in [-0.4, -0.2) is 52.1 Å². The number of carbonyl (C=O) groups is 1. The highest BCUT2D eigenvalue weighted by Crippen LogP contribution is 2.20. The largest absolute Gasteiger partial charge is 0.378 e. The quantitative estimate of drug-likeness (QED) is 0.448. The van der Waals surface area contributed by atoms with Crippen molar-refractivity contribution in [2.45, 2.75) is 6.54 Å². The van der Waals surface area contributed by atoms with Gasteiger partial charge in [0.05, 0.1) is 29.8 Å². The second-order valence-electron chi connectivity index (χ2n) is 7.74. The first-order valence-electron chi connectivity index (χ1n) is 10.9. The summed E-state index contributed by atoms with van der Waals surface area (Å²) in [5.74, 6) is 0.934. The van der Waals surface area contributed by atoms with Crippen molar-refractivity contribution in [1.82, 2.24) is 25.3 Å². The maximum atomic E-state index is 13.2. The Bertz CT molecular complexity index is 1230. The Labute approximate surface area is 191 Å². The number of nitrogens with one attached hydrogen (secondary N) is 2. The number of hydrogen-bond acceptors (Lipinski definition) is 6. The predicted molar refractivity (Wildman–Crippen MR) is 127 cm³/mol. The molecule has 1 aliphatic rings. The van der Waals surface area contributed by atoms with Gasteiger partial charge in [-0.05, 0) is 23.8 Å². The van der Waals surface area contributed by atoms with Crippen molar-refractivity contribution >= 4 is 34.5 Å². The summed E-state index contributed by atoms with van der Waals surface area (Å²) in [5, 5.41) is 3.00. The molecule has 1 amide bonds. The SMILES string of the molecule is O=C(NCc1ccccc1)/C(=C/c1cnc(N2CCOCC2)nc1)c1nc2ccccc2[nH]1. The van der Waals surface area contributed by atoms with E-state index >= 15 is 0 Å². The molecule has 0 saturated carbocycles. The van der Waals surface area contributed by atoms with Gasteiger partial charge < -0.3 is 19.9 Å². The number of benzene rings is 2. The first-order valence-corrected chi connectivity index (χ1v) is 10.9. The number of nitrogens with zero attached hydrogens (tertiary/aromatic N) is 4. The van der Waals surface area contributed by atoms with E-state index in [0.29, 0.717) is 37.1 Å². The monoisotopic (exact) mass is 440 g/mol. The highest BCUT2D eigenvalue weighted by Gasteiger charge is 2.17. The maximum absolute atomic E-state index is 13.2. The molecule has 1 aliphatic heterocycles. The fourth-order valence-electron chi connectivity index (χ4n) is 3.69. The molecule has 33 heavy (non-hydrogen) atoms. The van der Waals surface area contributed by atoms with Gasteiger partial charge in [-0.2, -0.15) is 0 Å². The van der Waals surface area contributed by atoms with Gasteiger partial charge in [-0.3, -0.25) is 4.79 Å². The fourth-order valence-corrected chi connectivity index (χ4v) is 3.69. The number of imidazole rings is 1. The Morgan fingerprint density at radius 2 is 1.76 bits per heavy atom. The minimum atomic E-state index is -0.227. The van der Waals surface area contributed by atoms with Crippen molar-refractivity contribution in [2.75, 3.05) is 31.2 Å². The van der Waals surface area contributed by atoms with Crippen LogP contribution < -0.4 is 10.2 Å². The van der Waals surface area contributed by atoms with Crippen molar-refractivity contribution in [2.24, 2.45) is 0 Å². The van der Waals surface area contributed by atoms with Crippen molar-refractivity contribution in [1.29, 1.82) is 0 Å². The third-order valence-electron chi connectivity index (χ3n) is 5.45. The molecule has 1 saturated heterocycles. The Balaban J connectivity index is 1.43. The summed E-state index contributed by atoms with van der Waals surface area (Å²) in [4.78, 5) is 32.2. The topological polar surface area (TPSA) is 96.0 Å². The summed E-state index contributed by atoms with van der Waals surface area (Å²) < 4.78 is 5.39. The molecule has 0 atom stereocenters. The van der Waals surface area contributed by atoms with Crippen LogP contribution in [0.5, 0.6) is 0 Å². The molecule has 0 aliphatic carbocycles. The molecule has 0 radical (unpaired) electrons. The molecule has 0 unspecified atom stereocenters. The molecular weight excluding hydrogens is 416 g/mol. The number of aromatic amines is 1. The van der Waals surface area contributed by atoms with Gasteiger partial charge >= 0.3 is 0 Å². The van der Waals surface area contributed by atoms with E-state index < -0.39 is 0 Å². The fraction of sp³-hybridized carbons (Fsp3) is 0.200. The minimum absolute atomic E-state index is 0.227. The molecule has 2 N–H and O–H groups in total. The molecule has 0 spiro atoms. The average molecular weight is 441 g/mol. The van der Waals surface area contributed by atoms with Gasteiger partial charge in [-0.15, -0.1) is 0 Å². The summed E-state index contributed by atoms with van der Waals surface area (Å²) >= 11 is 0. The maximum Gasteiger partial charge on any atom is 0.255 e. The van der Waals surface area contributed by atoms with Crippen LogP contribution >= 0.6 is 0 Å². The van der Waals surface area contributed by atoms with E-state index in [2.05, 4.69) is 30.2 Å². The summed E-state index contributed by atoms with van der Waals surface area (Å²) in [7, 11) is 0. The van der Waals surface area contributed by atoms with Crippen LogP contribution in [0, 0.1) is 0 Å². The van der Waals surface area contributed by atoms with Crippen LogP contribution in [-0.2, 0) is 16.1 Å². The summed E-state index contributed by atoms with van der Waals surface area (Å²) in [6.07, 6.45) is 5.22. The number of morpholine rings is 1. The van der Waals surface area contributed by atoms with E-state index in [9.17, 15) is 4.79 Å². The second kappa shape index (κ2) is 9.62. The first-order chi connectivity index (χ1) is 16.3. The Kier molecular flexibility index (Phi) is 6.08. The number of H-pyrrole nitrogens is 1. The standard InChI is InChI=1S/C25H24N6O2/c32-24(26-15-18-6-2-1-3-7-18)20(23-29-21-8-4-5-9-22(21)30-23)14-19-16-27-25(28-17-19)31-10-12-33-13-11-31/h1-9,14,16-17H,10-13,15H2,(H,26,32)(H,29,30)/b20-14+. The minimum Gasteiger partial charge on any atom is -0.378 e. The zero-order chi connectivity index (χ0) is 22.5. The van der Waals surface area contributed by atoms with Crippen LogP contribution in [0.3, 0.4) is 0 Å². The first kappa shape index (κ1) is 20.8. The van der Waals surface area contributed by atoms with Gasteiger partial charge in [0.25, 0.3) is 5.91 Å². The highest BCUT2D eigenvalue weighted by atomic mass is 16.5. The van der Waals surface area contributed by atoms with E-state index in [-0.39, 0.29) is 5.91 Å². The molecule has 8 nitrogen and oxygen atoms in total. The van der Waals surface area contributed by atoms with Gasteiger partial charge in [0.15, 0.2) is 0 Å². The third kappa shape index (κ3) is 4.91. The number of fused-ring (bicyclic) bond motifs is 1. The molecule has 8 heteroatoms. The predicted octanol–water partition coefficient (Wildman–Crippen LogP) is 3.05. The average Bonchev–Trinajstić information content (AvgIpc) is 3.31. The van der Waals surface area contributed by atoms with E-state index in [1.165, 1.54) is 0 Å². The lowest BCUT2D eigenvalue weighted by Gasteiger charge is -2.26. The number of hydrogen-bond donors (Lipinski definition) is 2. The van der Waals surface area contributed by atoms with Crippen LogP contribution in [0.15, 0.2) is 67.0 Å². The summed E-state index contributed by atoms with van der Waals surface area (Å²) in [5.41, 5.74) is 3.83. The van der Waals surface area contributed by atoms with Crippen LogP contribution in [0.2, 0.25) is 0 Å². The van der Waals surface area contributed by atoms with Crippen molar-refractivity contribution < 1.29 is 9.53 Å². The molecule has 1 fully saturated rings. The van der Waals surface area contributed by atoms with E-state index in [4.69, 9.17) is 4.74 Å². The summed E-state index contributed by atoms with van der Waals surface area (Å²) in [6.45, 7) is 3.29. The lowest BCUT2D eigenvalue weighted by molar-refractivity contribution is -0.115. The molecule has 2 aromatic carbocycles.